The second kappa shape index (κ2) is 6.25. The number of carboxylic acid groups (broad SMARTS) is 1. The molecule has 1 aromatic carbocycles. The van der Waals surface area contributed by atoms with E-state index in [1.165, 1.54) is 0 Å². The molecule has 0 saturated carbocycles. The number of likely N-dealkylation sites (N-methyl/N-ethyl adjacent to an activating group) is 2. The molecule has 94 valence electrons. The van der Waals surface area contributed by atoms with Crippen LogP contribution in [0.15, 0.2) is 24.3 Å². The Morgan fingerprint density at radius 2 is 2.12 bits per heavy atom. The van der Waals surface area contributed by atoms with E-state index < -0.39 is 12.0 Å². The molecule has 0 aliphatic heterocycles. The maximum Gasteiger partial charge on any atom is 0.322 e. The number of aliphatic carboxylic acids is 1. The highest BCUT2D eigenvalue weighted by Crippen LogP contribution is 2.19. The van der Waals surface area contributed by atoms with Crippen LogP contribution in [0, 0.1) is 6.92 Å². The average molecular weight is 236 g/mol. The Kier molecular flexibility index (Phi) is 4.97. The Hall–Kier alpha value is -1.55. The fourth-order valence-electron chi connectivity index (χ4n) is 1.83. The molecule has 0 amide bonds. The number of hydrogen-bond donors (Lipinski definition) is 2. The predicted molar refractivity (Wildman–Crippen MR) is 69.5 cm³/mol. The molecule has 0 aliphatic carbocycles. The molecule has 1 atom stereocenters. The van der Waals surface area contributed by atoms with E-state index in [4.69, 9.17) is 5.11 Å². The number of carboxylic acids is 1. The van der Waals surface area contributed by atoms with Gasteiger partial charge >= 0.3 is 5.97 Å². The van der Waals surface area contributed by atoms with Crippen molar-refractivity contribution in [2.24, 2.45) is 0 Å². The number of nitrogens with one attached hydrogen (secondary N) is 1. The van der Waals surface area contributed by atoms with Crippen LogP contribution in [0.3, 0.4) is 0 Å². The minimum Gasteiger partial charge on any atom is -0.480 e. The lowest BCUT2D eigenvalue weighted by Crippen LogP contribution is -2.44. The number of anilines is 1. The van der Waals surface area contributed by atoms with Crippen molar-refractivity contribution in [2.45, 2.75) is 19.9 Å². The monoisotopic (exact) mass is 236 g/mol. The van der Waals surface area contributed by atoms with Crippen molar-refractivity contribution in [2.75, 3.05) is 25.0 Å². The second-order valence-corrected chi connectivity index (χ2v) is 4.00. The molecule has 0 saturated heterocycles. The quantitative estimate of drug-likeness (QED) is 0.786. The molecule has 0 fully saturated rings. The molecule has 17 heavy (non-hydrogen) atoms. The Balaban J connectivity index is 2.85. The number of hydrogen-bond acceptors (Lipinski definition) is 3. The lowest BCUT2D eigenvalue weighted by Gasteiger charge is -2.27. The molecule has 2 N–H and O–H groups in total. The standard InChI is InChI=1S/C13H20N2O2/c1-4-15(9-11(14-3)13(16)17)12-8-6-5-7-10(12)2/h5-8,11,14H,4,9H2,1-3H3,(H,16,17). The summed E-state index contributed by atoms with van der Waals surface area (Å²) in [6.07, 6.45) is 0. The first-order valence-electron chi connectivity index (χ1n) is 5.80. The molecule has 1 aromatic rings. The van der Waals surface area contributed by atoms with Gasteiger partial charge in [-0.1, -0.05) is 18.2 Å². The third kappa shape index (κ3) is 3.46. The van der Waals surface area contributed by atoms with Crippen LogP contribution in [-0.2, 0) is 4.79 Å². The van der Waals surface area contributed by atoms with Crippen LogP contribution in [0.2, 0.25) is 0 Å². The Morgan fingerprint density at radius 3 is 2.59 bits per heavy atom. The summed E-state index contributed by atoms with van der Waals surface area (Å²) < 4.78 is 0. The van der Waals surface area contributed by atoms with Gasteiger partial charge in [0.05, 0.1) is 0 Å². The smallest absolute Gasteiger partial charge is 0.322 e. The van der Waals surface area contributed by atoms with Gasteiger partial charge in [0.1, 0.15) is 6.04 Å². The van der Waals surface area contributed by atoms with Crippen LogP contribution >= 0.6 is 0 Å². The van der Waals surface area contributed by atoms with Crippen molar-refractivity contribution in [3.05, 3.63) is 29.8 Å². The highest BCUT2D eigenvalue weighted by Gasteiger charge is 2.19. The van der Waals surface area contributed by atoms with Crippen LogP contribution in [-0.4, -0.2) is 37.3 Å². The summed E-state index contributed by atoms with van der Waals surface area (Å²) in [4.78, 5) is 13.1. The van der Waals surface area contributed by atoms with E-state index in [2.05, 4.69) is 10.2 Å². The molecule has 4 heteroatoms. The molecule has 0 spiro atoms. The van der Waals surface area contributed by atoms with E-state index >= 15 is 0 Å². The molecule has 0 radical (unpaired) electrons. The number of nitrogens with zero attached hydrogens (tertiary/aromatic N) is 1. The first kappa shape index (κ1) is 13.5. The van der Waals surface area contributed by atoms with Crippen molar-refractivity contribution < 1.29 is 9.90 Å². The van der Waals surface area contributed by atoms with Gasteiger partial charge in [-0.15, -0.1) is 0 Å². The van der Waals surface area contributed by atoms with E-state index in [1.54, 1.807) is 7.05 Å². The van der Waals surface area contributed by atoms with Crippen LogP contribution in [0.1, 0.15) is 12.5 Å². The summed E-state index contributed by atoms with van der Waals surface area (Å²) in [5.74, 6) is -0.820. The summed E-state index contributed by atoms with van der Waals surface area (Å²) in [6.45, 7) is 5.32. The molecule has 0 aliphatic rings. The molecule has 4 nitrogen and oxygen atoms in total. The number of carbonyl (C=O) groups is 1. The number of rotatable bonds is 6. The predicted octanol–water partition coefficient (Wildman–Crippen LogP) is 1.49. The third-order valence-corrected chi connectivity index (χ3v) is 2.89. The van der Waals surface area contributed by atoms with Gasteiger partial charge in [-0.25, -0.2) is 0 Å². The molecule has 0 bridgehead atoms. The minimum absolute atomic E-state index is 0.465. The third-order valence-electron chi connectivity index (χ3n) is 2.89. The molecular formula is C13H20N2O2. The second-order valence-electron chi connectivity index (χ2n) is 4.00. The van der Waals surface area contributed by atoms with E-state index in [0.29, 0.717) is 6.54 Å². The van der Waals surface area contributed by atoms with Crippen molar-refractivity contribution in [1.82, 2.24) is 5.32 Å². The first-order chi connectivity index (χ1) is 8.10. The van der Waals surface area contributed by atoms with E-state index in [9.17, 15) is 4.79 Å². The van der Waals surface area contributed by atoms with Gasteiger partial charge in [0.2, 0.25) is 0 Å². The van der Waals surface area contributed by atoms with Crippen molar-refractivity contribution >= 4 is 11.7 Å². The lowest BCUT2D eigenvalue weighted by molar-refractivity contribution is -0.139. The highest BCUT2D eigenvalue weighted by molar-refractivity contribution is 5.74. The van der Waals surface area contributed by atoms with Gasteiger partial charge < -0.3 is 15.3 Å². The summed E-state index contributed by atoms with van der Waals surface area (Å²) in [5.41, 5.74) is 2.26. The van der Waals surface area contributed by atoms with Crippen LogP contribution in [0.25, 0.3) is 0 Å². The van der Waals surface area contributed by atoms with E-state index in [0.717, 1.165) is 17.8 Å². The molecule has 0 aromatic heterocycles. The zero-order valence-electron chi connectivity index (χ0n) is 10.6. The van der Waals surface area contributed by atoms with Crippen molar-refractivity contribution in [3.8, 4) is 0 Å². The maximum atomic E-state index is 11.0. The van der Waals surface area contributed by atoms with Crippen LogP contribution in [0.4, 0.5) is 5.69 Å². The zero-order valence-corrected chi connectivity index (χ0v) is 10.6. The SMILES string of the molecule is CCN(CC(NC)C(=O)O)c1ccccc1C. The number of para-hydroxylation sites is 1. The van der Waals surface area contributed by atoms with Crippen LogP contribution < -0.4 is 10.2 Å². The topological polar surface area (TPSA) is 52.6 Å². The normalized spacial score (nSPS) is 12.2. The van der Waals surface area contributed by atoms with Crippen molar-refractivity contribution in [1.29, 1.82) is 0 Å². The van der Waals surface area contributed by atoms with Gasteiger partial charge in [0, 0.05) is 18.8 Å². The van der Waals surface area contributed by atoms with Gasteiger partial charge in [-0.05, 0) is 32.5 Å². The fraction of sp³-hybridized carbons (Fsp3) is 0.462. The summed E-state index contributed by atoms with van der Waals surface area (Å²) >= 11 is 0. The average Bonchev–Trinajstić information content (AvgIpc) is 2.31. The molecule has 1 rings (SSSR count). The fourth-order valence-corrected chi connectivity index (χ4v) is 1.83. The Bertz CT molecular complexity index is 379. The Labute approximate surface area is 102 Å². The Morgan fingerprint density at radius 1 is 1.47 bits per heavy atom. The van der Waals surface area contributed by atoms with Gasteiger partial charge in [0.15, 0.2) is 0 Å². The number of benzene rings is 1. The van der Waals surface area contributed by atoms with Gasteiger partial charge in [-0.2, -0.15) is 0 Å². The highest BCUT2D eigenvalue weighted by atomic mass is 16.4. The summed E-state index contributed by atoms with van der Waals surface area (Å²) in [5, 5.41) is 11.9. The lowest BCUT2D eigenvalue weighted by atomic mass is 10.1. The van der Waals surface area contributed by atoms with E-state index in [1.807, 2.05) is 38.1 Å². The molecular weight excluding hydrogens is 216 g/mol. The summed E-state index contributed by atoms with van der Waals surface area (Å²) in [7, 11) is 1.67. The molecule has 0 heterocycles. The van der Waals surface area contributed by atoms with Crippen LogP contribution in [0.5, 0.6) is 0 Å². The van der Waals surface area contributed by atoms with Crippen molar-refractivity contribution in [3.63, 3.8) is 0 Å². The van der Waals surface area contributed by atoms with E-state index in [-0.39, 0.29) is 0 Å². The largest absolute Gasteiger partial charge is 0.480 e. The maximum absolute atomic E-state index is 11.0. The first-order valence-corrected chi connectivity index (χ1v) is 5.80. The van der Waals surface area contributed by atoms with Gasteiger partial charge in [-0.3, -0.25) is 4.79 Å². The molecule has 1 unspecified atom stereocenters. The zero-order chi connectivity index (χ0) is 12.8. The minimum atomic E-state index is -0.820. The van der Waals surface area contributed by atoms with Gasteiger partial charge in [0.25, 0.3) is 0 Å². The number of aryl methyl sites for hydroxylation is 1. The summed E-state index contributed by atoms with van der Waals surface area (Å²) in [6, 6.07) is 7.47.